The first-order chi connectivity index (χ1) is 9.81. The molecule has 1 aliphatic heterocycles. The fourth-order valence-electron chi connectivity index (χ4n) is 2.05. The van der Waals surface area contributed by atoms with Crippen LogP contribution >= 0.6 is 0 Å². The Kier molecular flexibility index (Phi) is 5.94. The summed E-state index contributed by atoms with van der Waals surface area (Å²) in [6.45, 7) is 3.03. The number of hydrogen-bond acceptors (Lipinski definition) is 4. The van der Waals surface area contributed by atoms with Crippen molar-refractivity contribution < 1.29 is 29.4 Å². The minimum absolute atomic E-state index is 0.0773. The number of nitrogens with zero attached hydrogens (tertiary/aromatic N) is 2. The van der Waals surface area contributed by atoms with Gasteiger partial charge in [0.05, 0.1) is 6.42 Å². The van der Waals surface area contributed by atoms with Gasteiger partial charge in [-0.15, -0.1) is 0 Å². The lowest BCUT2D eigenvalue weighted by atomic mass is 10.2. The Morgan fingerprint density at radius 2 is 1.62 bits per heavy atom. The summed E-state index contributed by atoms with van der Waals surface area (Å²) in [5.41, 5.74) is 0. The van der Waals surface area contributed by atoms with Gasteiger partial charge in [0.25, 0.3) is 0 Å². The van der Waals surface area contributed by atoms with Crippen LogP contribution in [0.4, 0.5) is 4.79 Å². The first-order valence-electron chi connectivity index (χ1n) is 6.56. The van der Waals surface area contributed by atoms with Crippen molar-refractivity contribution in [3.8, 4) is 0 Å². The van der Waals surface area contributed by atoms with Crippen molar-refractivity contribution in [2.24, 2.45) is 0 Å². The van der Waals surface area contributed by atoms with E-state index in [0.717, 1.165) is 0 Å². The summed E-state index contributed by atoms with van der Waals surface area (Å²) in [5.74, 6) is -2.78. The average molecular weight is 301 g/mol. The molecule has 3 N–H and O–H groups in total. The van der Waals surface area contributed by atoms with Gasteiger partial charge in [-0.1, -0.05) is 0 Å². The summed E-state index contributed by atoms with van der Waals surface area (Å²) < 4.78 is 0. The molecule has 0 aromatic carbocycles. The second kappa shape index (κ2) is 7.46. The molecular weight excluding hydrogens is 282 g/mol. The van der Waals surface area contributed by atoms with Crippen LogP contribution in [0.3, 0.4) is 0 Å². The van der Waals surface area contributed by atoms with Gasteiger partial charge in [0.15, 0.2) is 0 Å². The average Bonchev–Trinajstić information content (AvgIpc) is 2.62. The number of aliphatic carboxylic acids is 2. The second-order valence-corrected chi connectivity index (χ2v) is 4.78. The minimum atomic E-state index is -1.47. The van der Waals surface area contributed by atoms with Gasteiger partial charge in [0.1, 0.15) is 6.04 Å². The summed E-state index contributed by atoms with van der Waals surface area (Å²) in [6, 6.07) is -2.10. The smallest absolute Gasteiger partial charge is 0.326 e. The topological polar surface area (TPSA) is 127 Å². The maximum Gasteiger partial charge on any atom is 0.326 e. The number of hydrogen-bond donors (Lipinski definition) is 3. The molecule has 1 rings (SSSR count). The molecule has 0 radical (unpaired) electrons. The quantitative estimate of drug-likeness (QED) is 0.622. The van der Waals surface area contributed by atoms with E-state index in [1.54, 1.807) is 4.90 Å². The lowest BCUT2D eigenvalue weighted by Gasteiger charge is -2.23. The van der Waals surface area contributed by atoms with E-state index < -0.39 is 30.4 Å². The highest BCUT2D eigenvalue weighted by molar-refractivity contribution is 5.86. The molecule has 21 heavy (non-hydrogen) atoms. The number of rotatable bonds is 4. The van der Waals surface area contributed by atoms with E-state index in [1.165, 1.54) is 11.8 Å². The Morgan fingerprint density at radius 3 is 2.14 bits per heavy atom. The predicted octanol–water partition coefficient (Wildman–Crippen LogP) is -0.822. The monoisotopic (exact) mass is 301 g/mol. The second-order valence-electron chi connectivity index (χ2n) is 4.78. The summed E-state index contributed by atoms with van der Waals surface area (Å²) in [5, 5.41) is 19.7. The molecule has 0 aromatic heterocycles. The number of carbonyl (C=O) groups excluding carboxylic acids is 2. The van der Waals surface area contributed by atoms with Gasteiger partial charge in [-0.3, -0.25) is 9.59 Å². The zero-order chi connectivity index (χ0) is 16.0. The first kappa shape index (κ1) is 16.7. The normalized spacial score (nSPS) is 16.8. The molecule has 1 saturated heterocycles. The van der Waals surface area contributed by atoms with E-state index in [4.69, 9.17) is 10.2 Å². The summed E-state index contributed by atoms with van der Waals surface area (Å²) in [7, 11) is 0. The lowest BCUT2D eigenvalue weighted by molar-refractivity contribution is -0.145. The van der Waals surface area contributed by atoms with Crippen molar-refractivity contribution in [1.82, 2.24) is 15.1 Å². The van der Waals surface area contributed by atoms with Crippen molar-refractivity contribution in [2.45, 2.75) is 25.8 Å². The van der Waals surface area contributed by atoms with Gasteiger partial charge >= 0.3 is 18.0 Å². The Balaban J connectivity index is 2.59. The van der Waals surface area contributed by atoms with Crippen LogP contribution in [-0.4, -0.2) is 76.1 Å². The van der Waals surface area contributed by atoms with Crippen LogP contribution in [0, 0.1) is 0 Å². The van der Waals surface area contributed by atoms with Gasteiger partial charge < -0.3 is 25.3 Å². The third kappa shape index (κ3) is 5.28. The molecule has 118 valence electrons. The highest BCUT2D eigenvalue weighted by Gasteiger charge is 2.26. The number of nitrogens with one attached hydrogen (secondary N) is 1. The van der Waals surface area contributed by atoms with Gasteiger partial charge in [0.2, 0.25) is 5.91 Å². The van der Waals surface area contributed by atoms with Gasteiger partial charge in [-0.05, 0) is 6.42 Å². The third-order valence-electron chi connectivity index (χ3n) is 3.20. The summed E-state index contributed by atoms with van der Waals surface area (Å²) >= 11 is 0. The Hall–Kier alpha value is -2.32. The van der Waals surface area contributed by atoms with Crippen LogP contribution < -0.4 is 5.32 Å². The predicted molar refractivity (Wildman–Crippen MR) is 70.7 cm³/mol. The molecule has 1 fully saturated rings. The van der Waals surface area contributed by atoms with E-state index >= 15 is 0 Å². The first-order valence-corrected chi connectivity index (χ1v) is 6.56. The molecule has 1 heterocycles. The molecule has 0 bridgehead atoms. The van der Waals surface area contributed by atoms with E-state index in [-0.39, 0.29) is 12.5 Å². The molecule has 9 nitrogen and oxygen atoms in total. The molecule has 0 spiro atoms. The zero-order valence-electron chi connectivity index (χ0n) is 11.7. The largest absolute Gasteiger partial charge is 0.481 e. The molecule has 1 aliphatic rings. The van der Waals surface area contributed by atoms with E-state index in [2.05, 4.69) is 5.32 Å². The van der Waals surface area contributed by atoms with Crippen molar-refractivity contribution >= 4 is 23.9 Å². The molecule has 0 unspecified atom stereocenters. The van der Waals surface area contributed by atoms with Crippen LogP contribution in [0.15, 0.2) is 0 Å². The summed E-state index contributed by atoms with van der Waals surface area (Å²) in [4.78, 5) is 47.7. The number of carboxylic acids is 2. The fraction of sp³-hybridized carbons (Fsp3) is 0.667. The lowest BCUT2D eigenvalue weighted by Crippen LogP contribution is -2.49. The fourth-order valence-corrected chi connectivity index (χ4v) is 2.05. The molecule has 0 saturated carbocycles. The third-order valence-corrected chi connectivity index (χ3v) is 3.20. The van der Waals surface area contributed by atoms with E-state index in [0.29, 0.717) is 26.1 Å². The van der Waals surface area contributed by atoms with E-state index in [1.807, 2.05) is 0 Å². The zero-order valence-corrected chi connectivity index (χ0v) is 11.7. The van der Waals surface area contributed by atoms with Crippen molar-refractivity contribution in [3.63, 3.8) is 0 Å². The van der Waals surface area contributed by atoms with Gasteiger partial charge in [-0.25, -0.2) is 9.59 Å². The highest BCUT2D eigenvalue weighted by Crippen LogP contribution is 2.05. The van der Waals surface area contributed by atoms with Crippen LogP contribution in [-0.2, 0) is 14.4 Å². The summed E-state index contributed by atoms with van der Waals surface area (Å²) in [6.07, 6.45) is -0.0991. The maximum absolute atomic E-state index is 12.0. The van der Waals surface area contributed by atoms with Crippen LogP contribution in [0.2, 0.25) is 0 Å². The number of carbonyl (C=O) groups is 4. The molecule has 3 amide bonds. The number of amides is 3. The van der Waals surface area contributed by atoms with E-state index in [9.17, 15) is 19.2 Å². The van der Waals surface area contributed by atoms with Crippen molar-refractivity contribution in [2.75, 3.05) is 26.2 Å². The van der Waals surface area contributed by atoms with Crippen LogP contribution in [0.5, 0.6) is 0 Å². The van der Waals surface area contributed by atoms with Gasteiger partial charge in [0, 0.05) is 33.1 Å². The van der Waals surface area contributed by atoms with Gasteiger partial charge in [-0.2, -0.15) is 0 Å². The van der Waals surface area contributed by atoms with Crippen LogP contribution in [0.25, 0.3) is 0 Å². The molecule has 1 atom stereocenters. The highest BCUT2D eigenvalue weighted by atomic mass is 16.4. The Labute approximate surface area is 121 Å². The Bertz CT molecular complexity index is 439. The molecular formula is C12H19N3O6. The number of urea groups is 1. The van der Waals surface area contributed by atoms with Crippen molar-refractivity contribution in [3.05, 3.63) is 0 Å². The van der Waals surface area contributed by atoms with Crippen molar-refractivity contribution in [1.29, 1.82) is 0 Å². The Morgan fingerprint density at radius 1 is 1.05 bits per heavy atom. The van der Waals surface area contributed by atoms with Crippen LogP contribution in [0.1, 0.15) is 19.8 Å². The molecule has 0 aromatic rings. The SMILES string of the molecule is CC(=O)N1CCCN(C(=O)N[C@H](CC(=O)O)C(=O)O)CC1. The minimum Gasteiger partial charge on any atom is -0.481 e. The molecule has 9 heteroatoms. The molecule has 0 aliphatic carbocycles. The standard InChI is InChI=1S/C12H19N3O6/c1-8(16)14-3-2-4-15(6-5-14)12(21)13-9(11(19)20)7-10(17)18/h9H,2-7H2,1H3,(H,13,21)(H,17,18)(H,19,20)/t9-/m1/s1. The maximum atomic E-state index is 12.0. The number of carboxylic acid groups (broad SMARTS) is 2.